The van der Waals surface area contributed by atoms with Crippen LogP contribution in [0.2, 0.25) is 0 Å². The van der Waals surface area contributed by atoms with Crippen LogP contribution in [-0.2, 0) is 0 Å². The first-order valence-electron chi connectivity index (χ1n) is 9.66. The molecule has 0 bridgehead atoms. The molecule has 29 heavy (non-hydrogen) atoms. The van der Waals surface area contributed by atoms with E-state index in [1.54, 1.807) is 35.1 Å². The number of aryl methyl sites for hydroxylation is 1. The van der Waals surface area contributed by atoms with E-state index in [-0.39, 0.29) is 11.9 Å². The number of carbonyl (C=O) groups excluding carboxylic acids is 2. The van der Waals surface area contributed by atoms with E-state index in [9.17, 15) is 9.59 Å². The van der Waals surface area contributed by atoms with Gasteiger partial charge in [0, 0.05) is 57.2 Å². The Morgan fingerprint density at radius 2 is 1.69 bits per heavy atom. The van der Waals surface area contributed by atoms with Crippen LogP contribution in [0.1, 0.15) is 15.9 Å². The molecule has 1 aliphatic rings. The van der Waals surface area contributed by atoms with Gasteiger partial charge < -0.3 is 24.8 Å². The molecular formula is C22H28N4O3. The van der Waals surface area contributed by atoms with Gasteiger partial charge in [-0.25, -0.2) is 4.79 Å². The number of amides is 3. The highest BCUT2D eigenvalue weighted by molar-refractivity contribution is 5.95. The summed E-state index contributed by atoms with van der Waals surface area (Å²) < 4.78 is 5.19. The topological polar surface area (TPSA) is 65.1 Å². The second-order valence-corrected chi connectivity index (χ2v) is 7.34. The Hall–Kier alpha value is -3.22. The van der Waals surface area contributed by atoms with Crippen molar-refractivity contribution < 1.29 is 14.3 Å². The molecule has 154 valence electrons. The number of carbonyl (C=O) groups is 2. The molecule has 0 aromatic heterocycles. The van der Waals surface area contributed by atoms with Gasteiger partial charge in [-0.05, 0) is 48.9 Å². The molecule has 1 saturated heterocycles. The van der Waals surface area contributed by atoms with Crippen molar-refractivity contribution in [2.45, 2.75) is 6.92 Å². The number of rotatable bonds is 4. The summed E-state index contributed by atoms with van der Waals surface area (Å²) >= 11 is 0. The third-order valence-corrected chi connectivity index (χ3v) is 5.14. The summed E-state index contributed by atoms with van der Waals surface area (Å²) in [6.07, 6.45) is 0. The maximum Gasteiger partial charge on any atom is 0.321 e. The second kappa shape index (κ2) is 8.86. The van der Waals surface area contributed by atoms with E-state index in [2.05, 4.69) is 5.32 Å². The summed E-state index contributed by atoms with van der Waals surface area (Å²) in [7, 11) is 5.55. The number of nitrogens with zero attached hydrogens (tertiary/aromatic N) is 3. The summed E-state index contributed by atoms with van der Waals surface area (Å²) in [6.45, 7) is 3.98. The lowest BCUT2D eigenvalue weighted by atomic mass is 10.1. The largest absolute Gasteiger partial charge is 0.497 e. The minimum absolute atomic E-state index is 0.0425. The first-order chi connectivity index (χ1) is 13.9. The van der Waals surface area contributed by atoms with Crippen molar-refractivity contribution in [3.63, 3.8) is 0 Å². The van der Waals surface area contributed by atoms with Crippen LogP contribution >= 0.6 is 0 Å². The number of hydrogen-bond donors (Lipinski definition) is 1. The molecule has 0 spiro atoms. The first-order valence-corrected chi connectivity index (χ1v) is 9.66. The number of piperazine rings is 1. The highest BCUT2D eigenvalue weighted by Crippen LogP contribution is 2.22. The van der Waals surface area contributed by atoms with Crippen molar-refractivity contribution in [2.24, 2.45) is 0 Å². The summed E-state index contributed by atoms with van der Waals surface area (Å²) in [5.74, 6) is 0.614. The van der Waals surface area contributed by atoms with Crippen LogP contribution in [0.3, 0.4) is 0 Å². The maximum atomic E-state index is 12.7. The van der Waals surface area contributed by atoms with E-state index in [0.717, 1.165) is 16.9 Å². The number of nitrogens with one attached hydrogen (secondary N) is 1. The lowest BCUT2D eigenvalue weighted by Crippen LogP contribution is -2.51. The molecule has 2 aromatic carbocycles. The molecule has 3 rings (SSSR count). The molecule has 1 aliphatic heterocycles. The zero-order valence-electron chi connectivity index (χ0n) is 17.4. The lowest BCUT2D eigenvalue weighted by molar-refractivity contribution is 0.0671. The van der Waals surface area contributed by atoms with Gasteiger partial charge in [0.2, 0.25) is 0 Å². The molecule has 1 N–H and O–H groups in total. The summed E-state index contributed by atoms with van der Waals surface area (Å²) in [5.41, 5.74) is 3.50. The number of methoxy groups -OCH3 is 1. The van der Waals surface area contributed by atoms with Crippen molar-refractivity contribution in [1.29, 1.82) is 0 Å². The van der Waals surface area contributed by atoms with Crippen molar-refractivity contribution in [2.75, 3.05) is 57.6 Å². The predicted molar refractivity (Wildman–Crippen MR) is 115 cm³/mol. The Balaban J connectivity index is 1.57. The Kier molecular flexibility index (Phi) is 6.26. The predicted octanol–water partition coefficient (Wildman–Crippen LogP) is 3.06. The van der Waals surface area contributed by atoms with Crippen LogP contribution in [0, 0.1) is 6.92 Å². The van der Waals surface area contributed by atoms with E-state index < -0.39 is 0 Å². The number of anilines is 2. The molecular weight excluding hydrogens is 368 g/mol. The van der Waals surface area contributed by atoms with Crippen LogP contribution in [0.5, 0.6) is 5.75 Å². The van der Waals surface area contributed by atoms with Gasteiger partial charge in [-0.1, -0.05) is 6.07 Å². The van der Waals surface area contributed by atoms with Gasteiger partial charge in [-0.2, -0.15) is 0 Å². The van der Waals surface area contributed by atoms with Crippen LogP contribution in [0.15, 0.2) is 42.5 Å². The van der Waals surface area contributed by atoms with E-state index in [1.807, 2.05) is 50.2 Å². The van der Waals surface area contributed by atoms with Crippen LogP contribution in [0.4, 0.5) is 16.2 Å². The second-order valence-electron chi connectivity index (χ2n) is 7.34. The van der Waals surface area contributed by atoms with Gasteiger partial charge in [0.1, 0.15) is 5.75 Å². The molecule has 0 aliphatic carbocycles. The fraction of sp³-hybridized carbons (Fsp3) is 0.364. The molecule has 0 unspecified atom stereocenters. The van der Waals surface area contributed by atoms with Crippen molar-refractivity contribution in [1.82, 2.24) is 9.80 Å². The van der Waals surface area contributed by atoms with Gasteiger partial charge in [0.25, 0.3) is 5.91 Å². The SMILES string of the molecule is COc1cccc(C(=O)N2CCN(C(=O)Nc3ccc(N(C)C)cc3C)CC2)c1. The highest BCUT2D eigenvalue weighted by atomic mass is 16.5. The van der Waals surface area contributed by atoms with E-state index in [0.29, 0.717) is 37.5 Å². The van der Waals surface area contributed by atoms with Crippen molar-refractivity contribution in [3.8, 4) is 5.75 Å². The maximum absolute atomic E-state index is 12.7. The van der Waals surface area contributed by atoms with Gasteiger partial charge in [0.05, 0.1) is 7.11 Å². The molecule has 0 saturated carbocycles. The fourth-order valence-corrected chi connectivity index (χ4v) is 3.31. The zero-order valence-corrected chi connectivity index (χ0v) is 17.4. The van der Waals surface area contributed by atoms with E-state index >= 15 is 0 Å². The summed E-state index contributed by atoms with van der Waals surface area (Å²) in [5, 5.41) is 2.99. The van der Waals surface area contributed by atoms with Crippen LogP contribution < -0.4 is 15.0 Å². The molecule has 0 atom stereocenters. The molecule has 2 aromatic rings. The van der Waals surface area contributed by atoms with Gasteiger partial charge in [-0.3, -0.25) is 4.79 Å². The average Bonchev–Trinajstić information content (AvgIpc) is 2.74. The van der Waals surface area contributed by atoms with Crippen LogP contribution in [0.25, 0.3) is 0 Å². The Labute approximate surface area is 171 Å². The molecule has 1 heterocycles. The fourth-order valence-electron chi connectivity index (χ4n) is 3.31. The summed E-state index contributed by atoms with van der Waals surface area (Å²) in [6, 6.07) is 12.9. The Bertz CT molecular complexity index is 889. The molecule has 1 fully saturated rings. The molecule has 7 nitrogen and oxygen atoms in total. The smallest absolute Gasteiger partial charge is 0.321 e. The standard InChI is InChI=1S/C22H28N4O3/c1-16-14-18(24(2)3)8-9-20(16)23-22(28)26-12-10-25(11-13-26)21(27)17-6-5-7-19(15-17)29-4/h5-9,14-15H,10-13H2,1-4H3,(H,23,28). The third kappa shape index (κ3) is 4.80. The monoisotopic (exact) mass is 396 g/mol. The number of benzene rings is 2. The van der Waals surface area contributed by atoms with Crippen LogP contribution in [-0.4, -0.2) is 69.1 Å². The van der Waals surface area contributed by atoms with Gasteiger partial charge in [-0.15, -0.1) is 0 Å². The molecule has 3 amide bonds. The minimum atomic E-state index is -0.140. The van der Waals surface area contributed by atoms with Crippen molar-refractivity contribution >= 4 is 23.3 Å². The number of hydrogen-bond acceptors (Lipinski definition) is 4. The van der Waals surface area contributed by atoms with Gasteiger partial charge >= 0.3 is 6.03 Å². The zero-order chi connectivity index (χ0) is 21.0. The summed E-state index contributed by atoms with van der Waals surface area (Å²) in [4.78, 5) is 30.9. The Morgan fingerprint density at radius 1 is 1.00 bits per heavy atom. The number of ether oxygens (including phenoxy) is 1. The van der Waals surface area contributed by atoms with Crippen molar-refractivity contribution in [3.05, 3.63) is 53.6 Å². The van der Waals surface area contributed by atoms with E-state index in [1.165, 1.54) is 0 Å². The molecule has 7 heteroatoms. The van der Waals surface area contributed by atoms with E-state index in [4.69, 9.17) is 4.74 Å². The first kappa shape index (κ1) is 20.5. The minimum Gasteiger partial charge on any atom is -0.497 e. The quantitative estimate of drug-likeness (QED) is 0.863. The Morgan fingerprint density at radius 3 is 2.31 bits per heavy atom. The highest BCUT2D eigenvalue weighted by Gasteiger charge is 2.25. The lowest BCUT2D eigenvalue weighted by Gasteiger charge is -2.35. The van der Waals surface area contributed by atoms with Gasteiger partial charge in [0.15, 0.2) is 0 Å². The third-order valence-electron chi connectivity index (χ3n) is 5.14. The normalized spacial score (nSPS) is 13.8. The number of urea groups is 1. The average molecular weight is 396 g/mol. The molecule has 0 radical (unpaired) electrons.